The van der Waals surface area contributed by atoms with Gasteiger partial charge in [0.15, 0.2) is 6.61 Å². The molecule has 0 heterocycles. The Labute approximate surface area is 212 Å². The topological polar surface area (TPSA) is 122 Å². The molecule has 192 valence electrons. The van der Waals surface area contributed by atoms with E-state index >= 15 is 0 Å². The van der Waals surface area contributed by atoms with Crippen LogP contribution in [-0.4, -0.2) is 47.8 Å². The number of benzene rings is 3. The van der Waals surface area contributed by atoms with Crippen LogP contribution in [-0.2, 0) is 31.4 Å². The van der Waals surface area contributed by atoms with Crippen molar-refractivity contribution in [1.82, 2.24) is 9.62 Å². The second-order valence-corrected chi connectivity index (χ2v) is 12.2. The second-order valence-electron chi connectivity index (χ2n) is 8.40. The number of amides is 1. The van der Waals surface area contributed by atoms with Crippen molar-refractivity contribution in [3.05, 3.63) is 83.4 Å². The summed E-state index contributed by atoms with van der Waals surface area (Å²) in [6, 6.07) is 17.7. The molecule has 2 N–H and O–H groups in total. The zero-order valence-corrected chi connectivity index (χ0v) is 22.1. The van der Waals surface area contributed by atoms with Crippen LogP contribution in [0.4, 0.5) is 5.69 Å². The third kappa shape index (κ3) is 6.84. The van der Waals surface area contributed by atoms with Crippen molar-refractivity contribution in [3.8, 4) is 5.75 Å². The Bertz CT molecular complexity index is 1430. The summed E-state index contributed by atoms with van der Waals surface area (Å²) in [6.45, 7) is 3.55. The molecule has 0 aliphatic rings. The van der Waals surface area contributed by atoms with Gasteiger partial charge in [0.05, 0.1) is 9.79 Å². The van der Waals surface area contributed by atoms with Crippen LogP contribution in [0.5, 0.6) is 5.75 Å². The summed E-state index contributed by atoms with van der Waals surface area (Å²) in [7, 11) is -4.38. The highest BCUT2D eigenvalue weighted by molar-refractivity contribution is 7.92. The standard InChI is InChI=1S/C25H29N3O6S2/c1-18-5-9-21(10-6-18)27-35(30,31)23-13-14-24(19(2)15-23)34-17-25(29)26-16-20-7-11-22(12-8-20)36(32,33)28(3)4/h5-15,27H,16-17H2,1-4H3,(H,26,29). The monoisotopic (exact) mass is 531 g/mol. The maximum atomic E-state index is 12.7. The quantitative estimate of drug-likeness (QED) is 0.415. The molecule has 11 heteroatoms. The fourth-order valence-corrected chi connectivity index (χ4v) is 5.22. The van der Waals surface area contributed by atoms with Crippen LogP contribution in [0.2, 0.25) is 0 Å². The third-order valence-electron chi connectivity index (χ3n) is 5.31. The van der Waals surface area contributed by atoms with Crippen molar-refractivity contribution >= 4 is 31.6 Å². The molecule has 0 unspecified atom stereocenters. The predicted molar refractivity (Wildman–Crippen MR) is 138 cm³/mol. The minimum Gasteiger partial charge on any atom is -0.484 e. The molecular formula is C25H29N3O6S2. The first-order valence-corrected chi connectivity index (χ1v) is 13.9. The lowest BCUT2D eigenvalue weighted by Crippen LogP contribution is -2.28. The fourth-order valence-electron chi connectivity index (χ4n) is 3.17. The van der Waals surface area contributed by atoms with Crippen molar-refractivity contribution in [2.24, 2.45) is 0 Å². The van der Waals surface area contributed by atoms with E-state index in [1.165, 1.54) is 44.4 Å². The van der Waals surface area contributed by atoms with Gasteiger partial charge in [0.25, 0.3) is 15.9 Å². The molecule has 0 spiro atoms. The van der Waals surface area contributed by atoms with Gasteiger partial charge in [0.1, 0.15) is 5.75 Å². The number of carbonyl (C=O) groups is 1. The molecule has 0 saturated heterocycles. The smallest absolute Gasteiger partial charge is 0.261 e. The molecule has 3 aromatic carbocycles. The van der Waals surface area contributed by atoms with Crippen LogP contribution in [0.3, 0.4) is 0 Å². The largest absolute Gasteiger partial charge is 0.484 e. The molecular weight excluding hydrogens is 502 g/mol. The van der Waals surface area contributed by atoms with Crippen LogP contribution in [0.25, 0.3) is 0 Å². The number of rotatable bonds is 10. The lowest BCUT2D eigenvalue weighted by atomic mass is 10.2. The highest BCUT2D eigenvalue weighted by Gasteiger charge is 2.17. The van der Waals surface area contributed by atoms with Crippen molar-refractivity contribution in [1.29, 1.82) is 0 Å². The number of ether oxygens (including phenoxy) is 1. The van der Waals surface area contributed by atoms with Gasteiger partial charge >= 0.3 is 0 Å². The first kappa shape index (κ1) is 27.2. The average Bonchev–Trinajstić information content (AvgIpc) is 2.83. The number of hydrogen-bond acceptors (Lipinski definition) is 6. The van der Waals surface area contributed by atoms with Crippen LogP contribution in [0.15, 0.2) is 76.5 Å². The Morgan fingerprint density at radius 2 is 1.47 bits per heavy atom. The molecule has 1 amide bonds. The van der Waals surface area contributed by atoms with E-state index in [4.69, 9.17) is 4.74 Å². The summed E-state index contributed by atoms with van der Waals surface area (Å²) in [5.41, 5.74) is 2.78. The molecule has 0 aliphatic heterocycles. The summed E-state index contributed by atoms with van der Waals surface area (Å²) in [4.78, 5) is 12.5. The predicted octanol–water partition coefficient (Wildman–Crippen LogP) is 3.05. The van der Waals surface area contributed by atoms with E-state index < -0.39 is 20.0 Å². The number of hydrogen-bond donors (Lipinski definition) is 2. The van der Waals surface area contributed by atoms with Crippen LogP contribution < -0.4 is 14.8 Å². The zero-order chi connectivity index (χ0) is 26.5. The number of carbonyl (C=O) groups excluding carboxylic acids is 1. The molecule has 0 bridgehead atoms. The van der Waals surface area contributed by atoms with E-state index in [0.717, 1.165) is 15.4 Å². The highest BCUT2D eigenvalue weighted by atomic mass is 32.2. The van der Waals surface area contributed by atoms with Gasteiger partial charge in [-0.15, -0.1) is 0 Å². The summed E-state index contributed by atoms with van der Waals surface area (Å²) < 4.78 is 58.9. The molecule has 0 aromatic heterocycles. The van der Waals surface area contributed by atoms with E-state index in [1.807, 2.05) is 19.1 Å². The molecule has 0 aliphatic carbocycles. The molecule has 3 aromatic rings. The Hall–Kier alpha value is -3.41. The highest BCUT2D eigenvalue weighted by Crippen LogP contribution is 2.24. The van der Waals surface area contributed by atoms with E-state index in [0.29, 0.717) is 17.0 Å². The van der Waals surface area contributed by atoms with Gasteiger partial charge in [0, 0.05) is 26.3 Å². The van der Waals surface area contributed by atoms with Gasteiger partial charge < -0.3 is 10.1 Å². The van der Waals surface area contributed by atoms with Gasteiger partial charge in [-0.2, -0.15) is 0 Å². The summed E-state index contributed by atoms with van der Waals surface area (Å²) in [5.74, 6) is 0.00908. The SMILES string of the molecule is Cc1ccc(NS(=O)(=O)c2ccc(OCC(=O)NCc3ccc(S(=O)(=O)N(C)C)cc3)c(C)c2)cc1. The summed E-state index contributed by atoms with van der Waals surface area (Å²) >= 11 is 0. The number of aryl methyl sites for hydroxylation is 2. The number of nitrogens with one attached hydrogen (secondary N) is 2. The number of anilines is 1. The van der Waals surface area contributed by atoms with Gasteiger partial charge in [-0.05, 0) is 67.4 Å². The minimum absolute atomic E-state index is 0.0807. The third-order valence-corrected chi connectivity index (χ3v) is 8.52. The lowest BCUT2D eigenvalue weighted by Gasteiger charge is -2.13. The minimum atomic E-state index is -3.78. The fraction of sp³-hybridized carbons (Fsp3) is 0.240. The second kappa shape index (κ2) is 11.1. The molecule has 0 fully saturated rings. The summed E-state index contributed by atoms with van der Waals surface area (Å²) in [5, 5.41) is 2.71. The van der Waals surface area contributed by atoms with Crippen molar-refractivity contribution < 1.29 is 26.4 Å². The Balaban J connectivity index is 1.55. The Kier molecular flexibility index (Phi) is 8.39. The van der Waals surface area contributed by atoms with Gasteiger partial charge in [-0.3, -0.25) is 9.52 Å². The van der Waals surface area contributed by atoms with Gasteiger partial charge in [-0.1, -0.05) is 29.8 Å². The molecule has 0 radical (unpaired) electrons. The lowest BCUT2D eigenvalue weighted by molar-refractivity contribution is -0.123. The van der Waals surface area contributed by atoms with Crippen LogP contribution in [0.1, 0.15) is 16.7 Å². The van der Waals surface area contributed by atoms with Crippen molar-refractivity contribution in [2.45, 2.75) is 30.2 Å². The van der Waals surface area contributed by atoms with E-state index in [-0.39, 0.29) is 28.8 Å². The maximum absolute atomic E-state index is 12.7. The normalized spacial score (nSPS) is 11.8. The number of nitrogens with zero attached hydrogens (tertiary/aromatic N) is 1. The van der Waals surface area contributed by atoms with Crippen molar-refractivity contribution in [2.75, 3.05) is 25.4 Å². The molecule has 36 heavy (non-hydrogen) atoms. The van der Waals surface area contributed by atoms with E-state index in [9.17, 15) is 21.6 Å². The number of sulfonamides is 2. The van der Waals surface area contributed by atoms with E-state index in [1.54, 1.807) is 31.2 Å². The van der Waals surface area contributed by atoms with E-state index in [2.05, 4.69) is 10.0 Å². The van der Waals surface area contributed by atoms with Gasteiger partial charge in [0.2, 0.25) is 10.0 Å². The first-order valence-electron chi connectivity index (χ1n) is 11.0. The zero-order valence-electron chi connectivity index (χ0n) is 20.5. The molecule has 0 saturated carbocycles. The van der Waals surface area contributed by atoms with Crippen LogP contribution in [0, 0.1) is 13.8 Å². The molecule has 0 atom stereocenters. The average molecular weight is 532 g/mol. The first-order chi connectivity index (χ1) is 16.9. The van der Waals surface area contributed by atoms with Crippen molar-refractivity contribution in [3.63, 3.8) is 0 Å². The van der Waals surface area contributed by atoms with Crippen LogP contribution >= 0.6 is 0 Å². The van der Waals surface area contributed by atoms with Gasteiger partial charge in [-0.25, -0.2) is 21.1 Å². The Morgan fingerprint density at radius 1 is 0.861 bits per heavy atom. The summed E-state index contributed by atoms with van der Waals surface area (Å²) in [6.07, 6.45) is 0. The molecule has 9 nitrogen and oxygen atoms in total. The Morgan fingerprint density at radius 3 is 2.06 bits per heavy atom. The maximum Gasteiger partial charge on any atom is 0.261 e. The molecule has 3 rings (SSSR count).